The van der Waals surface area contributed by atoms with Crippen LogP contribution in [0.5, 0.6) is 5.75 Å². The van der Waals surface area contributed by atoms with Gasteiger partial charge in [-0.05, 0) is 44.3 Å². The van der Waals surface area contributed by atoms with E-state index >= 15 is 0 Å². The number of rotatable bonds is 6. The summed E-state index contributed by atoms with van der Waals surface area (Å²) in [5.74, 6) is 0.894. The van der Waals surface area contributed by atoms with E-state index in [1.807, 2.05) is 38.4 Å². The molecule has 18 heavy (non-hydrogen) atoms. The van der Waals surface area contributed by atoms with Crippen molar-refractivity contribution in [3.8, 4) is 17.0 Å². The van der Waals surface area contributed by atoms with Crippen LogP contribution in [0.25, 0.3) is 11.3 Å². The molecule has 0 aliphatic carbocycles. The molecule has 0 spiro atoms. The molecular weight excluding hydrogens is 228 g/mol. The lowest BCUT2D eigenvalue weighted by molar-refractivity contribution is 0.310. The molecule has 1 aromatic carbocycles. The molecule has 0 atom stereocenters. The molecule has 0 saturated carbocycles. The Balaban J connectivity index is 1.96. The highest BCUT2D eigenvalue weighted by atomic mass is 16.5. The van der Waals surface area contributed by atoms with Crippen molar-refractivity contribution in [1.29, 1.82) is 0 Å². The maximum Gasteiger partial charge on any atom is 0.119 e. The Kier molecular flexibility index (Phi) is 4.30. The fourth-order valence-electron chi connectivity index (χ4n) is 1.71. The van der Waals surface area contributed by atoms with Gasteiger partial charge in [-0.25, -0.2) is 4.68 Å². The summed E-state index contributed by atoms with van der Waals surface area (Å²) in [5, 5.41) is 10.9. The highest BCUT2D eigenvalue weighted by molar-refractivity contribution is 5.59. The van der Waals surface area contributed by atoms with Crippen LogP contribution in [0.1, 0.15) is 6.42 Å². The first-order chi connectivity index (χ1) is 8.81. The molecule has 0 saturated heterocycles. The number of aromatic nitrogens is 3. The van der Waals surface area contributed by atoms with Gasteiger partial charge in [0.15, 0.2) is 0 Å². The smallest absolute Gasteiger partial charge is 0.119 e. The van der Waals surface area contributed by atoms with Crippen LogP contribution in [0.4, 0.5) is 0 Å². The Morgan fingerprint density at radius 3 is 2.67 bits per heavy atom. The van der Waals surface area contributed by atoms with E-state index in [2.05, 4.69) is 15.6 Å². The number of nitrogens with one attached hydrogen (secondary N) is 1. The second kappa shape index (κ2) is 6.16. The van der Waals surface area contributed by atoms with E-state index in [-0.39, 0.29) is 0 Å². The first-order valence-corrected chi connectivity index (χ1v) is 6.04. The van der Waals surface area contributed by atoms with Gasteiger partial charge in [0.25, 0.3) is 0 Å². The Morgan fingerprint density at radius 1 is 1.28 bits per heavy atom. The van der Waals surface area contributed by atoms with E-state index in [4.69, 9.17) is 4.74 Å². The molecule has 1 heterocycles. The second-order valence-electron chi connectivity index (χ2n) is 4.07. The average Bonchev–Trinajstić information content (AvgIpc) is 2.82. The van der Waals surface area contributed by atoms with Gasteiger partial charge in [-0.15, -0.1) is 5.10 Å². The average molecular weight is 246 g/mol. The minimum atomic E-state index is 0.730. The molecule has 5 heteroatoms. The lowest BCUT2D eigenvalue weighted by atomic mass is 10.1. The summed E-state index contributed by atoms with van der Waals surface area (Å²) in [5.41, 5.74) is 2.09. The molecule has 5 nitrogen and oxygen atoms in total. The van der Waals surface area contributed by atoms with Gasteiger partial charge in [0.2, 0.25) is 0 Å². The summed E-state index contributed by atoms with van der Waals surface area (Å²) in [6.07, 6.45) is 2.76. The first kappa shape index (κ1) is 12.6. The lowest BCUT2D eigenvalue weighted by Crippen LogP contribution is -2.11. The predicted octanol–water partition coefficient (Wildman–Crippen LogP) is 1.47. The molecule has 0 amide bonds. The molecule has 2 rings (SSSR count). The van der Waals surface area contributed by atoms with Crippen LogP contribution in [0.3, 0.4) is 0 Å². The zero-order chi connectivity index (χ0) is 12.8. The van der Waals surface area contributed by atoms with E-state index in [0.29, 0.717) is 0 Å². The molecule has 0 radical (unpaired) electrons. The lowest BCUT2D eigenvalue weighted by Gasteiger charge is -2.07. The third-order valence-corrected chi connectivity index (χ3v) is 2.70. The summed E-state index contributed by atoms with van der Waals surface area (Å²) >= 11 is 0. The third-order valence-electron chi connectivity index (χ3n) is 2.70. The fourth-order valence-corrected chi connectivity index (χ4v) is 1.71. The van der Waals surface area contributed by atoms with Crippen molar-refractivity contribution >= 4 is 0 Å². The van der Waals surface area contributed by atoms with Crippen LogP contribution in [-0.4, -0.2) is 35.2 Å². The predicted molar refractivity (Wildman–Crippen MR) is 70.5 cm³/mol. The molecule has 0 bridgehead atoms. The van der Waals surface area contributed by atoms with Crippen LogP contribution in [-0.2, 0) is 7.05 Å². The zero-order valence-corrected chi connectivity index (χ0v) is 10.8. The first-order valence-electron chi connectivity index (χ1n) is 6.04. The maximum absolute atomic E-state index is 5.63. The Hall–Kier alpha value is -1.88. The van der Waals surface area contributed by atoms with E-state index in [0.717, 1.165) is 36.6 Å². The highest BCUT2D eigenvalue weighted by Crippen LogP contribution is 2.20. The second-order valence-corrected chi connectivity index (χ2v) is 4.07. The van der Waals surface area contributed by atoms with Crippen LogP contribution >= 0.6 is 0 Å². The van der Waals surface area contributed by atoms with Crippen LogP contribution in [0.15, 0.2) is 30.5 Å². The van der Waals surface area contributed by atoms with E-state index in [1.165, 1.54) is 0 Å². The van der Waals surface area contributed by atoms with Crippen molar-refractivity contribution in [2.24, 2.45) is 7.05 Å². The maximum atomic E-state index is 5.63. The number of aryl methyl sites for hydroxylation is 1. The fraction of sp³-hybridized carbons (Fsp3) is 0.385. The minimum Gasteiger partial charge on any atom is -0.494 e. The summed E-state index contributed by atoms with van der Waals surface area (Å²) in [6.45, 7) is 1.70. The Labute approximate surface area is 107 Å². The molecule has 2 aromatic rings. The normalized spacial score (nSPS) is 10.6. The van der Waals surface area contributed by atoms with Gasteiger partial charge >= 0.3 is 0 Å². The summed E-state index contributed by atoms with van der Waals surface area (Å²) in [4.78, 5) is 0. The number of hydrogen-bond acceptors (Lipinski definition) is 4. The molecule has 0 unspecified atom stereocenters. The number of benzene rings is 1. The van der Waals surface area contributed by atoms with Crippen LogP contribution in [0.2, 0.25) is 0 Å². The minimum absolute atomic E-state index is 0.730. The molecule has 96 valence electrons. The van der Waals surface area contributed by atoms with Gasteiger partial charge in [0, 0.05) is 12.6 Å². The molecule has 0 fully saturated rings. The number of nitrogens with zero attached hydrogens (tertiary/aromatic N) is 3. The monoisotopic (exact) mass is 246 g/mol. The Bertz CT molecular complexity index is 478. The summed E-state index contributed by atoms with van der Waals surface area (Å²) < 4.78 is 7.39. The van der Waals surface area contributed by atoms with Crippen molar-refractivity contribution in [3.05, 3.63) is 30.5 Å². The van der Waals surface area contributed by atoms with Crippen molar-refractivity contribution in [1.82, 2.24) is 20.3 Å². The molecule has 1 aromatic heterocycles. The highest BCUT2D eigenvalue weighted by Gasteiger charge is 2.03. The van der Waals surface area contributed by atoms with Crippen LogP contribution in [0, 0.1) is 0 Å². The van der Waals surface area contributed by atoms with Gasteiger partial charge in [-0.1, -0.05) is 5.21 Å². The largest absolute Gasteiger partial charge is 0.494 e. The van der Waals surface area contributed by atoms with Gasteiger partial charge < -0.3 is 10.1 Å². The topological polar surface area (TPSA) is 52.0 Å². The third kappa shape index (κ3) is 3.07. The van der Waals surface area contributed by atoms with Gasteiger partial charge in [0.05, 0.1) is 18.5 Å². The van der Waals surface area contributed by atoms with Crippen LogP contribution < -0.4 is 10.1 Å². The molecule has 1 N–H and O–H groups in total. The van der Waals surface area contributed by atoms with E-state index in [9.17, 15) is 0 Å². The zero-order valence-electron chi connectivity index (χ0n) is 10.8. The molecule has 0 aliphatic rings. The molecule has 0 aliphatic heterocycles. The summed E-state index contributed by atoms with van der Waals surface area (Å²) in [6, 6.07) is 7.99. The van der Waals surface area contributed by atoms with Crippen molar-refractivity contribution in [2.75, 3.05) is 20.2 Å². The van der Waals surface area contributed by atoms with Crippen molar-refractivity contribution in [2.45, 2.75) is 6.42 Å². The van der Waals surface area contributed by atoms with Gasteiger partial charge in [-0.2, -0.15) is 0 Å². The SMILES string of the molecule is CNCCCOc1ccc(-c2cnnn2C)cc1. The Morgan fingerprint density at radius 2 is 2.06 bits per heavy atom. The van der Waals surface area contributed by atoms with Crippen molar-refractivity contribution in [3.63, 3.8) is 0 Å². The van der Waals surface area contributed by atoms with E-state index in [1.54, 1.807) is 10.9 Å². The standard InChI is InChI=1S/C13H18N4O/c1-14-8-3-9-18-12-6-4-11(5-7-12)13-10-15-16-17(13)2/h4-7,10,14H,3,8-9H2,1-2H3. The number of ether oxygens (including phenoxy) is 1. The molecular formula is C13H18N4O. The van der Waals surface area contributed by atoms with Gasteiger partial charge in [-0.3, -0.25) is 0 Å². The van der Waals surface area contributed by atoms with Crippen molar-refractivity contribution < 1.29 is 4.74 Å². The van der Waals surface area contributed by atoms with Gasteiger partial charge in [0.1, 0.15) is 5.75 Å². The van der Waals surface area contributed by atoms with E-state index < -0.39 is 0 Å². The number of hydrogen-bond donors (Lipinski definition) is 1. The summed E-state index contributed by atoms with van der Waals surface area (Å²) in [7, 11) is 3.82. The quantitative estimate of drug-likeness (QED) is 0.784.